The van der Waals surface area contributed by atoms with Gasteiger partial charge in [0.15, 0.2) is 6.10 Å². The molecule has 6 heteroatoms. The fourth-order valence-corrected chi connectivity index (χ4v) is 8.11. The van der Waals surface area contributed by atoms with Crippen molar-refractivity contribution >= 4 is 17.9 Å². The van der Waals surface area contributed by atoms with Gasteiger partial charge in [0.2, 0.25) is 0 Å². The van der Waals surface area contributed by atoms with E-state index in [0.29, 0.717) is 19.3 Å². The highest BCUT2D eigenvalue weighted by Gasteiger charge is 2.19. The van der Waals surface area contributed by atoms with Gasteiger partial charge in [-0.25, -0.2) is 0 Å². The Hall–Kier alpha value is -3.93. The molecule has 0 N–H and O–H groups in total. The molecule has 0 amide bonds. The second-order valence-corrected chi connectivity index (χ2v) is 19.5. The average molecular weight is 1000 g/mol. The molecule has 0 aliphatic heterocycles. The monoisotopic (exact) mass is 999 g/mol. The summed E-state index contributed by atoms with van der Waals surface area (Å²) in [6.45, 7) is 6.38. The predicted octanol–water partition coefficient (Wildman–Crippen LogP) is 20.3. The van der Waals surface area contributed by atoms with Crippen LogP contribution in [0.25, 0.3) is 0 Å². The summed E-state index contributed by atoms with van der Waals surface area (Å²) in [7, 11) is 0. The van der Waals surface area contributed by atoms with Gasteiger partial charge in [-0.2, -0.15) is 0 Å². The summed E-state index contributed by atoms with van der Waals surface area (Å²) < 4.78 is 16.8. The number of hydrogen-bond acceptors (Lipinski definition) is 6. The van der Waals surface area contributed by atoms with Crippen LogP contribution in [-0.2, 0) is 28.6 Å². The van der Waals surface area contributed by atoms with Gasteiger partial charge in [0.25, 0.3) is 0 Å². The SMILES string of the molecule is CC/C=C\C/C=C\C/C=C\C/C=C\C/C=C\C/C=C\CCCCCCC(=O)OCC(COC(=O)CCCCC/C=C\C/C=C\C/C=C\CC)OC(=O)CCCCCCCCCCCCCCCCCCCC. The van der Waals surface area contributed by atoms with Gasteiger partial charge in [-0.1, -0.05) is 259 Å². The van der Waals surface area contributed by atoms with Crippen molar-refractivity contribution < 1.29 is 28.6 Å². The van der Waals surface area contributed by atoms with Crippen molar-refractivity contribution in [3.05, 3.63) is 109 Å². The first kappa shape index (κ1) is 68.1. The van der Waals surface area contributed by atoms with Crippen molar-refractivity contribution in [1.29, 1.82) is 0 Å². The first-order valence-electron chi connectivity index (χ1n) is 29.9. The minimum atomic E-state index is -0.802. The lowest BCUT2D eigenvalue weighted by Crippen LogP contribution is -2.30. The average Bonchev–Trinajstić information content (AvgIpc) is 3.38. The largest absolute Gasteiger partial charge is 0.462 e. The molecule has 0 rings (SSSR count). The Morgan fingerprint density at radius 3 is 0.861 bits per heavy atom. The zero-order valence-electron chi connectivity index (χ0n) is 46.9. The van der Waals surface area contributed by atoms with Gasteiger partial charge >= 0.3 is 17.9 Å². The molecular formula is C66H110O6. The van der Waals surface area contributed by atoms with Crippen LogP contribution >= 0.6 is 0 Å². The van der Waals surface area contributed by atoms with E-state index in [1.54, 1.807) is 0 Å². The lowest BCUT2D eigenvalue weighted by Gasteiger charge is -2.18. The van der Waals surface area contributed by atoms with Crippen molar-refractivity contribution in [2.24, 2.45) is 0 Å². The summed E-state index contributed by atoms with van der Waals surface area (Å²) in [5, 5.41) is 0. The molecular weight excluding hydrogens is 889 g/mol. The molecule has 0 fully saturated rings. The fraction of sp³-hybridized carbons (Fsp3) is 0.682. The van der Waals surface area contributed by atoms with Crippen LogP contribution in [0.15, 0.2) is 109 Å². The molecule has 0 bridgehead atoms. The lowest BCUT2D eigenvalue weighted by atomic mass is 10.0. The van der Waals surface area contributed by atoms with E-state index in [1.807, 2.05) is 0 Å². The Balaban J connectivity index is 4.43. The molecule has 6 nitrogen and oxygen atoms in total. The molecule has 1 unspecified atom stereocenters. The van der Waals surface area contributed by atoms with Gasteiger partial charge in [-0.05, 0) is 103 Å². The second-order valence-electron chi connectivity index (χ2n) is 19.5. The Kier molecular flexibility index (Phi) is 56.4. The molecule has 0 aliphatic rings. The molecule has 1 atom stereocenters. The highest BCUT2D eigenvalue weighted by atomic mass is 16.6. The number of carbonyl (C=O) groups excluding carboxylic acids is 3. The molecule has 0 heterocycles. The Morgan fingerprint density at radius 2 is 0.542 bits per heavy atom. The molecule has 0 radical (unpaired) electrons. The first-order chi connectivity index (χ1) is 35.5. The van der Waals surface area contributed by atoms with Crippen LogP contribution in [0.3, 0.4) is 0 Å². The van der Waals surface area contributed by atoms with Gasteiger partial charge in [0, 0.05) is 19.3 Å². The Labute approximate surface area is 444 Å². The molecule has 0 aliphatic carbocycles. The maximum Gasteiger partial charge on any atom is 0.306 e. The van der Waals surface area contributed by atoms with E-state index >= 15 is 0 Å². The molecule has 0 aromatic carbocycles. The number of carbonyl (C=O) groups is 3. The van der Waals surface area contributed by atoms with Crippen LogP contribution in [0.5, 0.6) is 0 Å². The van der Waals surface area contributed by atoms with Crippen LogP contribution in [-0.4, -0.2) is 37.2 Å². The standard InChI is InChI=1S/C66H110O6/c1-4-7-10-13-16-19-22-25-27-29-31-32-33-34-35-37-38-41-44-47-50-53-56-59-65(68)71-62-63(61-70-64(67)58-55-52-49-46-43-40-24-21-18-15-12-9-6-3)72-66(69)60-57-54-51-48-45-42-39-36-30-28-26-23-20-17-14-11-8-5-2/h7,9-10,12,16,18-19,21,25,27,31-32,34-35,38,40-41,43,63H,4-6,8,11,13-15,17,20,22-24,26,28-30,33,36-37,39,42,44-62H2,1-3H3/b10-7-,12-9-,19-16-,21-18-,27-25-,32-31-,35-34-,41-38-,43-40-. The van der Waals surface area contributed by atoms with Crippen molar-refractivity contribution in [2.75, 3.05) is 13.2 Å². The highest BCUT2D eigenvalue weighted by Crippen LogP contribution is 2.16. The van der Waals surface area contributed by atoms with Crippen molar-refractivity contribution in [3.63, 3.8) is 0 Å². The van der Waals surface area contributed by atoms with E-state index < -0.39 is 6.10 Å². The number of unbranched alkanes of at least 4 members (excludes halogenated alkanes) is 24. The van der Waals surface area contributed by atoms with E-state index in [2.05, 4.69) is 130 Å². The van der Waals surface area contributed by atoms with Gasteiger partial charge in [-0.15, -0.1) is 0 Å². The first-order valence-corrected chi connectivity index (χ1v) is 29.9. The third kappa shape index (κ3) is 57.0. The summed E-state index contributed by atoms with van der Waals surface area (Å²) in [4.78, 5) is 38.2. The van der Waals surface area contributed by atoms with Gasteiger partial charge < -0.3 is 14.2 Å². The Bertz CT molecular complexity index is 1470. The van der Waals surface area contributed by atoms with Gasteiger partial charge in [0.05, 0.1) is 0 Å². The molecule has 0 saturated heterocycles. The van der Waals surface area contributed by atoms with E-state index in [0.717, 1.165) is 135 Å². The fourth-order valence-electron chi connectivity index (χ4n) is 8.11. The quantitative estimate of drug-likeness (QED) is 0.0261. The van der Waals surface area contributed by atoms with Crippen LogP contribution in [0.2, 0.25) is 0 Å². The van der Waals surface area contributed by atoms with Gasteiger partial charge in [0.1, 0.15) is 13.2 Å². The molecule has 0 spiro atoms. The van der Waals surface area contributed by atoms with Crippen LogP contribution < -0.4 is 0 Å². The molecule has 0 saturated carbocycles. The molecule has 410 valence electrons. The third-order valence-electron chi connectivity index (χ3n) is 12.5. The topological polar surface area (TPSA) is 78.9 Å². The number of ether oxygens (including phenoxy) is 3. The molecule has 0 aromatic rings. The number of hydrogen-bond donors (Lipinski definition) is 0. The highest BCUT2D eigenvalue weighted by molar-refractivity contribution is 5.71. The summed E-state index contributed by atoms with van der Waals surface area (Å²) in [6, 6.07) is 0. The van der Waals surface area contributed by atoms with Gasteiger partial charge in [-0.3, -0.25) is 14.4 Å². The Morgan fingerprint density at radius 1 is 0.292 bits per heavy atom. The molecule has 72 heavy (non-hydrogen) atoms. The van der Waals surface area contributed by atoms with Crippen LogP contribution in [0.1, 0.15) is 271 Å². The van der Waals surface area contributed by atoms with E-state index in [9.17, 15) is 14.4 Å². The van der Waals surface area contributed by atoms with E-state index in [-0.39, 0.29) is 31.1 Å². The minimum absolute atomic E-state index is 0.101. The zero-order chi connectivity index (χ0) is 52.2. The van der Waals surface area contributed by atoms with Crippen LogP contribution in [0, 0.1) is 0 Å². The number of allylic oxidation sites excluding steroid dienone is 18. The number of esters is 3. The minimum Gasteiger partial charge on any atom is -0.462 e. The van der Waals surface area contributed by atoms with Crippen molar-refractivity contribution in [1.82, 2.24) is 0 Å². The van der Waals surface area contributed by atoms with E-state index in [4.69, 9.17) is 14.2 Å². The number of rotatable bonds is 53. The van der Waals surface area contributed by atoms with Crippen molar-refractivity contribution in [2.45, 2.75) is 277 Å². The zero-order valence-corrected chi connectivity index (χ0v) is 46.9. The predicted molar refractivity (Wildman–Crippen MR) is 311 cm³/mol. The molecule has 0 aromatic heterocycles. The third-order valence-corrected chi connectivity index (χ3v) is 12.5. The summed E-state index contributed by atoms with van der Waals surface area (Å²) in [5.41, 5.74) is 0. The summed E-state index contributed by atoms with van der Waals surface area (Å²) in [6.07, 6.45) is 80.9. The normalized spacial score (nSPS) is 12.9. The smallest absolute Gasteiger partial charge is 0.306 e. The van der Waals surface area contributed by atoms with Crippen LogP contribution in [0.4, 0.5) is 0 Å². The second kappa shape index (κ2) is 59.6. The van der Waals surface area contributed by atoms with Crippen molar-refractivity contribution in [3.8, 4) is 0 Å². The summed E-state index contributed by atoms with van der Waals surface area (Å²) in [5.74, 6) is -0.947. The summed E-state index contributed by atoms with van der Waals surface area (Å²) >= 11 is 0. The lowest BCUT2D eigenvalue weighted by molar-refractivity contribution is -0.167. The van der Waals surface area contributed by atoms with E-state index in [1.165, 1.54) is 96.3 Å². The maximum absolute atomic E-state index is 12.9. The maximum atomic E-state index is 12.9.